The van der Waals surface area contributed by atoms with Gasteiger partial charge in [0, 0.05) is 11.6 Å². The summed E-state index contributed by atoms with van der Waals surface area (Å²) < 4.78 is 20.0. The van der Waals surface area contributed by atoms with E-state index in [1.807, 2.05) is 18.2 Å². The second-order valence-electron chi connectivity index (χ2n) is 6.71. The number of rotatable bonds is 6. The molecule has 3 atom stereocenters. The van der Waals surface area contributed by atoms with Gasteiger partial charge in [0.05, 0.1) is 23.1 Å². The quantitative estimate of drug-likeness (QED) is 0.641. The molecule has 1 aliphatic rings. The first-order chi connectivity index (χ1) is 13.2. The summed E-state index contributed by atoms with van der Waals surface area (Å²) in [6, 6.07) is 6.35. The van der Waals surface area contributed by atoms with Gasteiger partial charge in [0.1, 0.15) is 19.0 Å². The van der Waals surface area contributed by atoms with Gasteiger partial charge in [-0.25, -0.2) is 4.68 Å². The predicted octanol–water partition coefficient (Wildman–Crippen LogP) is 1.61. The highest BCUT2D eigenvalue weighted by molar-refractivity contribution is 7.89. The topological polar surface area (TPSA) is 109 Å². The standard InChI is InChI=1S/C17H22N8OS/c1-2-13-8-16(25-12-20-22-23-25)6-7-17(13)27(26)21-14-4-3-5-15(9-14)24-10-18-19-11-24/h6-8,10-12,14-15,21H,2-5,9H2,1H3/t14-,15+,27?/m0/s1. The lowest BCUT2D eigenvalue weighted by Crippen LogP contribution is -2.39. The lowest BCUT2D eigenvalue weighted by Gasteiger charge is -2.30. The van der Waals surface area contributed by atoms with E-state index in [1.165, 1.54) is 0 Å². The Morgan fingerprint density at radius 2 is 2.04 bits per heavy atom. The summed E-state index contributed by atoms with van der Waals surface area (Å²) in [5.41, 5.74) is 1.89. The molecule has 4 rings (SSSR count). The maximum Gasteiger partial charge on any atom is 0.177 e. The minimum absolute atomic E-state index is 0.205. The molecule has 1 fully saturated rings. The lowest BCUT2D eigenvalue weighted by atomic mass is 9.91. The molecule has 0 amide bonds. The van der Waals surface area contributed by atoms with Crippen LogP contribution in [-0.2, 0) is 17.8 Å². The molecule has 1 N–H and O–H groups in total. The monoisotopic (exact) mass is 386 g/mol. The van der Waals surface area contributed by atoms with Gasteiger partial charge < -0.3 is 9.12 Å². The summed E-state index contributed by atoms with van der Waals surface area (Å²) in [5, 5.41) is 19.0. The Labute approximate surface area is 160 Å². The van der Waals surface area contributed by atoms with Crippen molar-refractivity contribution in [1.29, 1.82) is 0 Å². The summed E-state index contributed by atoms with van der Waals surface area (Å²) in [6.45, 7) is 2.06. The van der Waals surface area contributed by atoms with Crippen molar-refractivity contribution in [1.82, 2.24) is 39.7 Å². The molecule has 10 heteroatoms. The van der Waals surface area contributed by atoms with E-state index in [2.05, 4.69) is 41.9 Å². The fourth-order valence-electron chi connectivity index (χ4n) is 3.60. The molecule has 2 heterocycles. The number of hydrogen-bond donors (Lipinski definition) is 1. The zero-order chi connectivity index (χ0) is 18.6. The van der Waals surface area contributed by atoms with Crippen LogP contribution in [0.3, 0.4) is 0 Å². The minimum Gasteiger partial charge on any atom is -0.593 e. The maximum atomic E-state index is 13.0. The molecule has 0 aliphatic heterocycles. The SMILES string of the molecule is CCc1cc(-n2cnnn2)ccc1[S+]([O-])N[C@H]1CCC[C@@H](n2cnnc2)C1. The van der Waals surface area contributed by atoms with Gasteiger partial charge in [-0.2, -0.15) is 0 Å². The molecular formula is C17H22N8OS. The molecule has 1 aliphatic carbocycles. The van der Waals surface area contributed by atoms with Crippen molar-refractivity contribution in [3.63, 3.8) is 0 Å². The van der Waals surface area contributed by atoms with Gasteiger partial charge in [-0.3, -0.25) is 0 Å². The third kappa shape index (κ3) is 4.02. The van der Waals surface area contributed by atoms with Gasteiger partial charge >= 0.3 is 0 Å². The highest BCUT2D eigenvalue weighted by atomic mass is 32.2. The average Bonchev–Trinajstić information content (AvgIpc) is 3.41. The molecule has 0 saturated heterocycles. The van der Waals surface area contributed by atoms with Crippen molar-refractivity contribution in [2.45, 2.75) is 56.0 Å². The highest BCUT2D eigenvalue weighted by Crippen LogP contribution is 2.29. The first-order valence-electron chi connectivity index (χ1n) is 9.13. The molecule has 142 valence electrons. The molecular weight excluding hydrogens is 364 g/mol. The molecule has 1 saturated carbocycles. The van der Waals surface area contributed by atoms with Crippen LogP contribution in [0.2, 0.25) is 0 Å². The van der Waals surface area contributed by atoms with E-state index in [0.717, 1.165) is 48.3 Å². The van der Waals surface area contributed by atoms with Crippen molar-refractivity contribution in [3.8, 4) is 5.69 Å². The van der Waals surface area contributed by atoms with Gasteiger partial charge in [-0.15, -0.1) is 20.0 Å². The second kappa shape index (κ2) is 8.15. The number of nitrogens with one attached hydrogen (secondary N) is 1. The summed E-state index contributed by atoms with van der Waals surface area (Å²) in [5.74, 6) is 0. The number of benzene rings is 1. The Morgan fingerprint density at radius 1 is 1.19 bits per heavy atom. The number of nitrogens with zero attached hydrogens (tertiary/aromatic N) is 7. The van der Waals surface area contributed by atoms with Crippen LogP contribution in [0, 0.1) is 0 Å². The molecule has 3 aromatic rings. The maximum absolute atomic E-state index is 13.0. The van der Waals surface area contributed by atoms with E-state index in [-0.39, 0.29) is 6.04 Å². The summed E-state index contributed by atoms with van der Waals surface area (Å²) in [6.07, 6.45) is 10.0. The van der Waals surface area contributed by atoms with E-state index in [0.29, 0.717) is 6.04 Å². The van der Waals surface area contributed by atoms with Gasteiger partial charge in [-0.1, -0.05) is 6.92 Å². The number of tetrazole rings is 1. The largest absolute Gasteiger partial charge is 0.593 e. The minimum atomic E-state index is -1.26. The predicted molar refractivity (Wildman–Crippen MR) is 99.4 cm³/mol. The van der Waals surface area contributed by atoms with E-state index in [1.54, 1.807) is 23.7 Å². The average molecular weight is 386 g/mol. The van der Waals surface area contributed by atoms with Crippen LogP contribution in [0.4, 0.5) is 0 Å². The van der Waals surface area contributed by atoms with Gasteiger partial charge in [0.15, 0.2) is 4.90 Å². The van der Waals surface area contributed by atoms with Crippen LogP contribution in [0.5, 0.6) is 0 Å². The smallest absolute Gasteiger partial charge is 0.177 e. The summed E-state index contributed by atoms with van der Waals surface area (Å²) >= 11 is -1.26. The van der Waals surface area contributed by atoms with Crippen molar-refractivity contribution in [3.05, 3.63) is 42.7 Å². The number of aryl methyl sites for hydroxylation is 1. The fourth-order valence-corrected chi connectivity index (χ4v) is 4.88. The van der Waals surface area contributed by atoms with Gasteiger partial charge in [0.25, 0.3) is 0 Å². The van der Waals surface area contributed by atoms with Crippen LogP contribution >= 0.6 is 0 Å². The fraction of sp³-hybridized carbons (Fsp3) is 0.471. The van der Waals surface area contributed by atoms with Gasteiger partial charge in [0.2, 0.25) is 0 Å². The van der Waals surface area contributed by atoms with Crippen molar-refractivity contribution >= 4 is 11.4 Å². The molecule has 1 unspecified atom stereocenters. The molecule has 1 aromatic carbocycles. The molecule has 2 aromatic heterocycles. The molecule has 0 bridgehead atoms. The zero-order valence-corrected chi connectivity index (χ0v) is 15.9. The Balaban J connectivity index is 1.46. The Hall–Kier alpha value is -2.30. The Bertz CT molecular complexity index is 854. The number of aromatic nitrogens is 7. The van der Waals surface area contributed by atoms with E-state index in [9.17, 15) is 4.55 Å². The molecule has 0 radical (unpaired) electrons. The summed E-state index contributed by atoms with van der Waals surface area (Å²) in [4.78, 5) is 0.820. The van der Waals surface area contributed by atoms with E-state index < -0.39 is 11.4 Å². The van der Waals surface area contributed by atoms with Crippen LogP contribution in [0.15, 0.2) is 42.1 Å². The van der Waals surface area contributed by atoms with Crippen molar-refractivity contribution < 1.29 is 4.55 Å². The molecule has 27 heavy (non-hydrogen) atoms. The van der Waals surface area contributed by atoms with Crippen LogP contribution in [0.25, 0.3) is 5.69 Å². The first kappa shape index (κ1) is 18.1. The normalized spacial score (nSPS) is 21.3. The third-order valence-corrected chi connectivity index (χ3v) is 6.36. The Kier molecular flexibility index (Phi) is 5.46. The lowest BCUT2D eigenvalue weighted by molar-refractivity contribution is 0.305. The van der Waals surface area contributed by atoms with Crippen LogP contribution in [-0.4, -0.2) is 45.6 Å². The van der Waals surface area contributed by atoms with E-state index in [4.69, 9.17) is 0 Å². The summed E-state index contributed by atoms with van der Waals surface area (Å²) in [7, 11) is 0. The van der Waals surface area contributed by atoms with Crippen LogP contribution < -0.4 is 4.72 Å². The highest BCUT2D eigenvalue weighted by Gasteiger charge is 2.28. The van der Waals surface area contributed by atoms with Gasteiger partial charge in [-0.05, 0) is 60.7 Å². The molecule has 0 spiro atoms. The second-order valence-corrected chi connectivity index (χ2v) is 7.93. The first-order valence-corrected chi connectivity index (χ1v) is 10.3. The third-order valence-electron chi connectivity index (χ3n) is 5.02. The van der Waals surface area contributed by atoms with Crippen molar-refractivity contribution in [2.24, 2.45) is 0 Å². The van der Waals surface area contributed by atoms with E-state index >= 15 is 0 Å². The zero-order valence-electron chi connectivity index (χ0n) is 15.1. The van der Waals surface area contributed by atoms with Crippen molar-refractivity contribution in [2.75, 3.05) is 0 Å². The Morgan fingerprint density at radius 3 is 2.78 bits per heavy atom. The van der Waals surface area contributed by atoms with Crippen LogP contribution in [0.1, 0.15) is 44.2 Å². The number of hydrogen-bond acceptors (Lipinski definition) is 7. The molecule has 9 nitrogen and oxygen atoms in total.